The minimum absolute atomic E-state index is 0.370. The van der Waals surface area contributed by atoms with Gasteiger partial charge in [0.15, 0.2) is 0 Å². The van der Waals surface area contributed by atoms with Crippen LogP contribution in [0.3, 0.4) is 0 Å². The molecule has 0 saturated carbocycles. The molecule has 0 aliphatic carbocycles. The summed E-state index contributed by atoms with van der Waals surface area (Å²) in [5.74, 6) is 0. The zero-order chi connectivity index (χ0) is 16.5. The molecule has 0 amide bonds. The zero-order valence-corrected chi connectivity index (χ0v) is 11.6. The third kappa shape index (κ3) is 3.77. The van der Waals surface area contributed by atoms with Gasteiger partial charge in [0.05, 0.1) is 11.1 Å². The van der Waals surface area contributed by atoms with Gasteiger partial charge in [-0.25, -0.2) is 0 Å². The quantitative estimate of drug-likeness (QED) is 0.573. The Kier molecular flexibility index (Phi) is 4.47. The fourth-order valence-corrected chi connectivity index (χ4v) is 2.17. The molecule has 0 fully saturated rings. The first-order valence-corrected chi connectivity index (χ1v) is 6.51. The fraction of sp³-hybridized carbons (Fsp3) is 0.143. The molecule has 2 rings (SSSR count). The van der Waals surface area contributed by atoms with Gasteiger partial charge in [0.2, 0.25) is 0 Å². The highest BCUT2D eigenvalue weighted by Gasteiger charge is 2.32. The average molecular weight is 336 g/mol. The summed E-state index contributed by atoms with van der Waals surface area (Å²) in [6, 6.07) is 8.36. The maximum absolute atomic E-state index is 12.5. The van der Waals surface area contributed by atoms with Crippen molar-refractivity contribution >= 4 is 28.5 Å². The van der Waals surface area contributed by atoms with Gasteiger partial charge in [0.25, 0.3) is 0 Å². The molecule has 0 saturated heterocycles. The number of alkyl halides is 6. The highest BCUT2D eigenvalue weighted by atomic mass is 35.5. The van der Waals surface area contributed by atoms with Crippen LogP contribution in [-0.2, 0) is 12.4 Å². The van der Waals surface area contributed by atoms with Crippen molar-refractivity contribution in [2.75, 3.05) is 0 Å². The van der Waals surface area contributed by atoms with Gasteiger partial charge in [0, 0.05) is 0 Å². The Hall–Kier alpha value is -1.63. The van der Waals surface area contributed by atoms with Gasteiger partial charge in [0.1, 0.15) is 0 Å². The minimum atomic E-state index is -4.45. The molecule has 0 N–H and O–H groups in total. The first kappa shape index (κ1) is 16.7. The van der Waals surface area contributed by atoms with Crippen molar-refractivity contribution in [2.45, 2.75) is 12.4 Å². The second-order valence-corrected chi connectivity index (χ2v) is 5.04. The third-order valence-corrected chi connectivity index (χ3v) is 3.57. The Morgan fingerprint density at radius 3 is 1.09 bits per heavy atom. The van der Waals surface area contributed by atoms with Gasteiger partial charge in [-0.3, -0.25) is 0 Å². The van der Waals surface area contributed by atoms with Crippen LogP contribution >= 0.6 is 11.5 Å². The number of rotatable bonds is 2. The van der Waals surface area contributed by atoms with Gasteiger partial charge < -0.3 is 0 Å². The summed E-state index contributed by atoms with van der Waals surface area (Å²) in [4.78, 5) is 0. The lowest BCUT2D eigenvalue weighted by Crippen LogP contribution is -2.37. The van der Waals surface area contributed by atoms with Crippen molar-refractivity contribution in [3.05, 3.63) is 59.7 Å². The van der Waals surface area contributed by atoms with Crippen LogP contribution in [-0.4, -0.2) is 6.13 Å². The van der Waals surface area contributed by atoms with Crippen molar-refractivity contribution in [1.82, 2.24) is 0 Å². The summed E-state index contributed by atoms with van der Waals surface area (Å²) in [6.45, 7) is 0. The number of halogens is 7. The molecule has 0 nitrogen and oxygen atoms in total. The first-order chi connectivity index (χ1) is 10.1. The fourth-order valence-electron chi connectivity index (χ4n) is 1.87. The molecule has 8 heteroatoms. The first-order valence-electron chi connectivity index (χ1n) is 6.07. The van der Waals surface area contributed by atoms with E-state index in [4.69, 9.17) is 11.5 Å². The molecular weight excluding hydrogens is 328 g/mol. The normalized spacial score (nSPS) is 12.3. The highest BCUT2D eigenvalue weighted by Crippen LogP contribution is 2.29. The Morgan fingerprint density at radius 2 is 0.864 bits per heavy atom. The predicted octanol–water partition coefficient (Wildman–Crippen LogP) is 4.07. The monoisotopic (exact) mass is 336 g/mol. The van der Waals surface area contributed by atoms with Crippen molar-refractivity contribution in [3.8, 4) is 0 Å². The lowest BCUT2D eigenvalue weighted by atomic mass is 9.62. The third-order valence-electron chi connectivity index (χ3n) is 3.06. The predicted molar refractivity (Wildman–Crippen MR) is 73.8 cm³/mol. The number of benzene rings is 2. The molecule has 0 atom stereocenters. The van der Waals surface area contributed by atoms with Crippen molar-refractivity contribution in [2.24, 2.45) is 0 Å². The molecule has 2 aromatic carbocycles. The van der Waals surface area contributed by atoms with Crippen LogP contribution in [0, 0.1) is 0 Å². The molecule has 0 aliphatic heterocycles. The molecule has 0 spiro atoms. The average Bonchev–Trinajstić information content (AvgIpc) is 2.45. The molecule has 0 aliphatic rings. The molecule has 116 valence electrons. The second-order valence-electron chi connectivity index (χ2n) is 4.60. The SMILES string of the molecule is FC(F)(F)c1ccc(B(Cl)c2ccc(C(F)(F)F)cc2)cc1. The van der Waals surface area contributed by atoms with Gasteiger partial charge in [-0.05, 0) is 0 Å². The van der Waals surface area contributed by atoms with E-state index in [1.807, 2.05) is 0 Å². The molecule has 22 heavy (non-hydrogen) atoms. The Labute approximate surface area is 127 Å². The van der Waals surface area contributed by atoms with E-state index in [1.165, 1.54) is 24.3 Å². The van der Waals surface area contributed by atoms with Crippen LogP contribution in [0.15, 0.2) is 48.5 Å². The van der Waals surface area contributed by atoms with Crippen LogP contribution < -0.4 is 10.9 Å². The molecule has 2 aromatic rings. The van der Waals surface area contributed by atoms with Crippen molar-refractivity contribution in [1.29, 1.82) is 0 Å². The van der Waals surface area contributed by atoms with Gasteiger partial charge in [-0.2, -0.15) is 37.8 Å². The summed E-state index contributed by atoms with van der Waals surface area (Å²) in [5, 5.41) is 0. The molecule has 0 radical (unpaired) electrons. The smallest absolute Gasteiger partial charge is 0.182 e. The summed E-state index contributed by atoms with van der Waals surface area (Å²) >= 11 is 6.10. The Bertz CT molecular complexity index is 573. The van der Waals surface area contributed by atoms with Gasteiger partial charge >= 0.3 is 18.5 Å². The Balaban J connectivity index is 2.23. The largest absolute Gasteiger partial charge is 0.416 e. The summed E-state index contributed by atoms with van der Waals surface area (Å²) in [7, 11) is 0. The van der Waals surface area contributed by atoms with E-state index < -0.39 is 29.6 Å². The lowest BCUT2D eigenvalue weighted by molar-refractivity contribution is -0.138. The van der Waals surface area contributed by atoms with Gasteiger partial charge in [-0.15, -0.1) is 0 Å². The molecular formula is C14H8BClF6. The maximum Gasteiger partial charge on any atom is 0.416 e. The summed E-state index contributed by atoms with van der Waals surface area (Å²) in [5.41, 5.74) is -0.885. The van der Waals surface area contributed by atoms with E-state index in [0.717, 1.165) is 24.3 Å². The van der Waals surface area contributed by atoms with E-state index in [0.29, 0.717) is 10.9 Å². The maximum atomic E-state index is 12.5. The van der Waals surface area contributed by atoms with Crippen LogP contribution in [0.5, 0.6) is 0 Å². The van der Waals surface area contributed by atoms with Crippen molar-refractivity contribution in [3.63, 3.8) is 0 Å². The molecule has 0 bridgehead atoms. The molecule has 0 heterocycles. The van der Waals surface area contributed by atoms with E-state index in [2.05, 4.69) is 0 Å². The van der Waals surface area contributed by atoms with Crippen LogP contribution in [0.2, 0.25) is 0 Å². The topological polar surface area (TPSA) is 0 Å². The van der Waals surface area contributed by atoms with Crippen LogP contribution in [0.1, 0.15) is 11.1 Å². The summed E-state index contributed by atoms with van der Waals surface area (Å²) < 4.78 is 74.8. The number of hydrogen-bond acceptors (Lipinski definition) is 0. The lowest BCUT2D eigenvalue weighted by Gasteiger charge is -2.11. The van der Waals surface area contributed by atoms with Crippen LogP contribution in [0.4, 0.5) is 26.3 Å². The molecule has 0 unspecified atom stereocenters. The molecule has 0 aromatic heterocycles. The summed E-state index contributed by atoms with van der Waals surface area (Å²) in [6.07, 6.45) is -9.73. The van der Waals surface area contributed by atoms with E-state index >= 15 is 0 Å². The second kappa shape index (κ2) is 5.87. The minimum Gasteiger partial charge on any atom is -0.182 e. The Morgan fingerprint density at radius 1 is 0.591 bits per heavy atom. The highest BCUT2D eigenvalue weighted by molar-refractivity contribution is 7.21. The van der Waals surface area contributed by atoms with E-state index in [1.54, 1.807) is 0 Å². The van der Waals surface area contributed by atoms with E-state index in [-0.39, 0.29) is 0 Å². The van der Waals surface area contributed by atoms with Crippen molar-refractivity contribution < 1.29 is 26.3 Å². The van der Waals surface area contributed by atoms with Gasteiger partial charge in [-0.1, -0.05) is 59.5 Å². The number of hydrogen-bond donors (Lipinski definition) is 0. The van der Waals surface area contributed by atoms with Crippen LogP contribution in [0.25, 0.3) is 0 Å². The van der Waals surface area contributed by atoms with E-state index in [9.17, 15) is 26.3 Å². The standard InChI is InChI=1S/C14H8BClF6/c16-15(11-5-1-9(2-6-11)13(17,18)19)12-7-3-10(4-8-12)14(20,21)22/h1-8H. The zero-order valence-electron chi connectivity index (χ0n) is 10.8.